The van der Waals surface area contributed by atoms with Crippen LogP contribution in [0.15, 0.2) is 36.8 Å². The van der Waals surface area contributed by atoms with Crippen LogP contribution >= 0.6 is 0 Å². The average Bonchev–Trinajstić information content (AvgIpc) is 2.95. The number of hydrogen-bond donors (Lipinski definition) is 1. The van der Waals surface area contributed by atoms with Crippen LogP contribution in [0.5, 0.6) is 0 Å². The largest absolute Gasteiger partial charge is 0.433 e. The minimum atomic E-state index is -4.48. The summed E-state index contributed by atoms with van der Waals surface area (Å²) in [5, 5.41) is 2.96. The number of pyridine rings is 1. The summed E-state index contributed by atoms with van der Waals surface area (Å²) in [5.74, 6) is 0.102. The smallest absolute Gasteiger partial charge is 0.379 e. The Morgan fingerprint density at radius 2 is 1.91 bits per heavy atom. The van der Waals surface area contributed by atoms with Crippen molar-refractivity contribution in [1.82, 2.24) is 15.0 Å². The lowest BCUT2D eigenvalue weighted by Crippen LogP contribution is -2.30. The van der Waals surface area contributed by atoms with E-state index in [0.717, 1.165) is 24.2 Å². The van der Waals surface area contributed by atoms with Crippen LogP contribution in [0.4, 0.5) is 19.1 Å². The third kappa shape index (κ3) is 3.95. The van der Waals surface area contributed by atoms with Gasteiger partial charge in [0.1, 0.15) is 5.69 Å². The van der Waals surface area contributed by atoms with Crippen molar-refractivity contribution in [2.24, 2.45) is 5.92 Å². The molecule has 1 N–H and O–H groups in total. The minimum Gasteiger partial charge on any atom is -0.379 e. The highest BCUT2D eigenvalue weighted by atomic mass is 19.4. The molecule has 0 spiro atoms. The van der Waals surface area contributed by atoms with Crippen LogP contribution in [-0.4, -0.2) is 34.2 Å². The molecule has 3 rings (SSSR count). The van der Waals surface area contributed by atoms with E-state index >= 15 is 0 Å². The normalized spacial score (nSPS) is 21.3. The molecular formula is C15H15F3N4O. The molecule has 0 radical (unpaired) electrons. The molecule has 2 aromatic heterocycles. The fraction of sp³-hybridized carbons (Fsp3) is 0.400. The van der Waals surface area contributed by atoms with Crippen molar-refractivity contribution in [3.05, 3.63) is 48.0 Å². The van der Waals surface area contributed by atoms with Crippen molar-refractivity contribution in [2.45, 2.75) is 18.6 Å². The number of alkyl halides is 3. The van der Waals surface area contributed by atoms with Gasteiger partial charge in [-0.25, -0.2) is 9.97 Å². The van der Waals surface area contributed by atoms with Gasteiger partial charge in [0.05, 0.1) is 19.3 Å². The summed E-state index contributed by atoms with van der Waals surface area (Å²) in [6, 6.07) is 4.54. The summed E-state index contributed by atoms with van der Waals surface area (Å²) < 4.78 is 43.5. The lowest BCUT2D eigenvalue weighted by Gasteiger charge is -2.19. The van der Waals surface area contributed by atoms with Gasteiger partial charge in [-0.3, -0.25) is 4.98 Å². The Labute approximate surface area is 130 Å². The number of ether oxygens (including phenoxy) is 1. The molecule has 0 amide bonds. The quantitative estimate of drug-likeness (QED) is 0.936. The maximum absolute atomic E-state index is 12.7. The van der Waals surface area contributed by atoms with Crippen molar-refractivity contribution < 1.29 is 17.9 Å². The van der Waals surface area contributed by atoms with Crippen LogP contribution in [0, 0.1) is 5.92 Å². The molecule has 122 valence electrons. The van der Waals surface area contributed by atoms with Gasteiger partial charge in [-0.15, -0.1) is 0 Å². The second-order valence-corrected chi connectivity index (χ2v) is 5.37. The number of aromatic nitrogens is 3. The minimum absolute atomic E-state index is 0.0324. The molecule has 5 nitrogen and oxygen atoms in total. The van der Waals surface area contributed by atoms with Crippen molar-refractivity contribution in [3.8, 4) is 0 Å². The SMILES string of the molecule is FC(F)(F)c1ccnc(N[C@H]2COC[C@H]2Cc2ccncc2)n1. The Bertz CT molecular complexity index is 651. The van der Waals surface area contributed by atoms with Crippen molar-refractivity contribution in [1.29, 1.82) is 0 Å². The van der Waals surface area contributed by atoms with Crippen LogP contribution in [0.3, 0.4) is 0 Å². The Kier molecular flexibility index (Phi) is 4.42. The van der Waals surface area contributed by atoms with Crippen LogP contribution in [0.1, 0.15) is 11.3 Å². The van der Waals surface area contributed by atoms with Gasteiger partial charge in [0.2, 0.25) is 5.95 Å². The monoisotopic (exact) mass is 324 g/mol. The van der Waals surface area contributed by atoms with Crippen LogP contribution in [0.2, 0.25) is 0 Å². The lowest BCUT2D eigenvalue weighted by atomic mass is 9.95. The van der Waals surface area contributed by atoms with Gasteiger partial charge < -0.3 is 10.1 Å². The molecule has 2 aromatic rings. The number of nitrogens with zero attached hydrogens (tertiary/aromatic N) is 3. The summed E-state index contributed by atoms with van der Waals surface area (Å²) in [6.07, 6.45) is 0.792. The zero-order valence-corrected chi connectivity index (χ0v) is 12.1. The van der Waals surface area contributed by atoms with Gasteiger partial charge in [0.25, 0.3) is 0 Å². The first-order chi connectivity index (χ1) is 11.0. The molecule has 0 aromatic carbocycles. The molecule has 1 fully saturated rings. The highest BCUT2D eigenvalue weighted by Crippen LogP contribution is 2.28. The predicted octanol–water partition coefficient (Wildman–Crippen LogP) is 2.56. The Hall–Kier alpha value is -2.22. The molecule has 0 unspecified atom stereocenters. The number of hydrogen-bond acceptors (Lipinski definition) is 5. The second-order valence-electron chi connectivity index (χ2n) is 5.37. The summed E-state index contributed by atoms with van der Waals surface area (Å²) in [5.41, 5.74) is 0.145. The fourth-order valence-electron chi connectivity index (χ4n) is 2.53. The molecule has 0 saturated carbocycles. The first-order valence-corrected chi connectivity index (χ1v) is 7.16. The van der Waals surface area contributed by atoms with E-state index in [-0.39, 0.29) is 17.9 Å². The Morgan fingerprint density at radius 1 is 1.13 bits per heavy atom. The van der Waals surface area contributed by atoms with Gasteiger partial charge in [-0.2, -0.15) is 13.2 Å². The topological polar surface area (TPSA) is 59.9 Å². The van der Waals surface area contributed by atoms with E-state index in [1.165, 1.54) is 0 Å². The standard InChI is InChI=1S/C15H15F3N4O/c16-15(17,18)13-3-6-20-14(22-13)21-12-9-23-8-11(12)7-10-1-4-19-5-2-10/h1-6,11-12H,7-9H2,(H,20,21,22)/t11-,12+/m1/s1. The lowest BCUT2D eigenvalue weighted by molar-refractivity contribution is -0.141. The molecular weight excluding hydrogens is 309 g/mol. The fourth-order valence-corrected chi connectivity index (χ4v) is 2.53. The highest BCUT2D eigenvalue weighted by molar-refractivity contribution is 5.29. The van der Waals surface area contributed by atoms with E-state index in [2.05, 4.69) is 20.3 Å². The number of nitrogens with one attached hydrogen (secondary N) is 1. The molecule has 2 atom stereocenters. The number of anilines is 1. The van der Waals surface area contributed by atoms with E-state index in [9.17, 15) is 13.2 Å². The van der Waals surface area contributed by atoms with Crippen molar-refractivity contribution >= 4 is 5.95 Å². The molecule has 1 aliphatic heterocycles. The Morgan fingerprint density at radius 3 is 2.65 bits per heavy atom. The zero-order valence-electron chi connectivity index (χ0n) is 12.1. The maximum Gasteiger partial charge on any atom is 0.433 e. The van der Waals surface area contributed by atoms with Gasteiger partial charge >= 0.3 is 6.18 Å². The third-order valence-corrected chi connectivity index (χ3v) is 3.71. The van der Waals surface area contributed by atoms with E-state index in [1.807, 2.05) is 12.1 Å². The third-order valence-electron chi connectivity index (χ3n) is 3.71. The summed E-state index contributed by atoms with van der Waals surface area (Å²) >= 11 is 0. The highest BCUT2D eigenvalue weighted by Gasteiger charge is 2.34. The molecule has 1 saturated heterocycles. The first kappa shape index (κ1) is 15.7. The molecule has 23 heavy (non-hydrogen) atoms. The zero-order chi connectivity index (χ0) is 16.3. The number of rotatable bonds is 4. The van der Waals surface area contributed by atoms with E-state index < -0.39 is 11.9 Å². The van der Waals surface area contributed by atoms with Gasteiger partial charge in [0.15, 0.2) is 0 Å². The van der Waals surface area contributed by atoms with E-state index in [1.54, 1.807) is 12.4 Å². The van der Waals surface area contributed by atoms with E-state index in [4.69, 9.17) is 4.74 Å². The summed E-state index contributed by atoms with van der Waals surface area (Å²) in [4.78, 5) is 11.4. The van der Waals surface area contributed by atoms with Crippen LogP contribution in [-0.2, 0) is 17.3 Å². The van der Waals surface area contributed by atoms with Crippen LogP contribution in [0.25, 0.3) is 0 Å². The second kappa shape index (κ2) is 6.49. The van der Waals surface area contributed by atoms with Crippen LogP contribution < -0.4 is 5.32 Å². The summed E-state index contributed by atoms with van der Waals surface area (Å²) in [7, 11) is 0. The molecule has 0 aliphatic carbocycles. The van der Waals surface area contributed by atoms with Gasteiger partial charge in [-0.1, -0.05) is 0 Å². The predicted molar refractivity (Wildman–Crippen MR) is 76.7 cm³/mol. The molecule has 1 aliphatic rings. The Balaban J connectivity index is 1.69. The summed E-state index contributed by atoms with van der Waals surface area (Å²) in [6.45, 7) is 0.953. The van der Waals surface area contributed by atoms with Crippen molar-refractivity contribution in [3.63, 3.8) is 0 Å². The van der Waals surface area contributed by atoms with Gasteiger partial charge in [-0.05, 0) is 30.2 Å². The van der Waals surface area contributed by atoms with E-state index in [0.29, 0.717) is 13.2 Å². The van der Waals surface area contributed by atoms with Gasteiger partial charge in [0, 0.05) is 24.5 Å². The maximum atomic E-state index is 12.7. The number of halogens is 3. The average molecular weight is 324 g/mol. The van der Waals surface area contributed by atoms with Crippen molar-refractivity contribution in [2.75, 3.05) is 18.5 Å². The molecule has 3 heterocycles. The first-order valence-electron chi connectivity index (χ1n) is 7.16. The molecule has 0 bridgehead atoms. The molecule has 8 heteroatoms.